The molecule has 0 radical (unpaired) electrons. The third-order valence-electron chi connectivity index (χ3n) is 5.61. The summed E-state index contributed by atoms with van der Waals surface area (Å²) >= 11 is 0. The molecule has 32 heavy (non-hydrogen) atoms. The second-order valence-corrected chi connectivity index (χ2v) is 8.50. The standard InChI is InChI=1S/C25H29N5O2/c1-17(2)26-24(31)19-11-9-18(10-12-19)15-30-14-13-22-21(16-30)23(28-29(22)3)25(32)27-20-7-5-4-6-8-20/h4-12,17H,13-16H2,1-3H3,(H,26,31)(H,27,32). The number of hydrogen-bond donors (Lipinski definition) is 2. The molecule has 0 fully saturated rings. The normalized spacial score (nSPS) is 13.6. The third kappa shape index (κ3) is 4.89. The first-order valence-corrected chi connectivity index (χ1v) is 10.9. The van der Waals surface area contributed by atoms with E-state index in [1.54, 1.807) is 0 Å². The number of nitrogens with one attached hydrogen (secondary N) is 2. The van der Waals surface area contributed by atoms with E-state index in [1.807, 2.05) is 80.2 Å². The Hall–Kier alpha value is -3.45. The molecule has 1 aliphatic rings. The van der Waals surface area contributed by atoms with Gasteiger partial charge in [0.25, 0.3) is 11.8 Å². The van der Waals surface area contributed by atoms with E-state index in [1.165, 1.54) is 0 Å². The monoisotopic (exact) mass is 431 g/mol. The second kappa shape index (κ2) is 9.36. The predicted molar refractivity (Wildman–Crippen MR) is 124 cm³/mol. The van der Waals surface area contributed by atoms with Crippen LogP contribution >= 0.6 is 0 Å². The molecule has 1 aromatic heterocycles. The van der Waals surface area contributed by atoms with Gasteiger partial charge in [0, 0.05) is 61.7 Å². The van der Waals surface area contributed by atoms with Crippen LogP contribution in [0.3, 0.4) is 0 Å². The average molecular weight is 432 g/mol. The molecule has 0 aliphatic carbocycles. The van der Waals surface area contributed by atoms with Crippen molar-refractivity contribution in [1.29, 1.82) is 0 Å². The Kier molecular flexibility index (Phi) is 6.37. The second-order valence-electron chi connectivity index (χ2n) is 8.50. The van der Waals surface area contributed by atoms with Crippen molar-refractivity contribution in [3.8, 4) is 0 Å². The molecule has 2 heterocycles. The van der Waals surface area contributed by atoms with E-state index in [9.17, 15) is 9.59 Å². The minimum atomic E-state index is -0.185. The molecule has 3 aromatic rings. The number of hydrogen-bond acceptors (Lipinski definition) is 4. The highest BCUT2D eigenvalue weighted by atomic mass is 16.2. The zero-order valence-corrected chi connectivity index (χ0v) is 18.8. The zero-order chi connectivity index (χ0) is 22.7. The highest BCUT2D eigenvalue weighted by Crippen LogP contribution is 2.24. The molecule has 2 N–H and O–H groups in total. The Morgan fingerprint density at radius 1 is 1.03 bits per heavy atom. The van der Waals surface area contributed by atoms with Crippen LogP contribution in [0.1, 0.15) is 51.5 Å². The number of amides is 2. The largest absolute Gasteiger partial charge is 0.350 e. The van der Waals surface area contributed by atoms with E-state index >= 15 is 0 Å². The molecule has 0 spiro atoms. The van der Waals surface area contributed by atoms with Crippen LogP contribution < -0.4 is 10.6 Å². The highest BCUT2D eigenvalue weighted by Gasteiger charge is 2.27. The number of aromatic nitrogens is 2. The maximum Gasteiger partial charge on any atom is 0.276 e. The minimum absolute atomic E-state index is 0.0569. The molecule has 2 amide bonds. The zero-order valence-electron chi connectivity index (χ0n) is 18.8. The summed E-state index contributed by atoms with van der Waals surface area (Å²) < 4.78 is 1.83. The van der Waals surface area contributed by atoms with Gasteiger partial charge >= 0.3 is 0 Å². The summed E-state index contributed by atoms with van der Waals surface area (Å²) in [6, 6.07) is 17.3. The number of benzene rings is 2. The van der Waals surface area contributed by atoms with Gasteiger partial charge in [0.2, 0.25) is 0 Å². The van der Waals surface area contributed by atoms with Crippen molar-refractivity contribution < 1.29 is 9.59 Å². The van der Waals surface area contributed by atoms with E-state index in [0.29, 0.717) is 17.8 Å². The van der Waals surface area contributed by atoms with Gasteiger partial charge in [0.1, 0.15) is 0 Å². The van der Waals surface area contributed by atoms with Crippen molar-refractivity contribution in [3.05, 3.63) is 82.7 Å². The molecule has 0 unspecified atom stereocenters. The van der Waals surface area contributed by atoms with Crippen molar-refractivity contribution in [1.82, 2.24) is 20.0 Å². The quantitative estimate of drug-likeness (QED) is 0.627. The topological polar surface area (TPSA) is 79.3 Å². The van der Waals surface area contributed by atoms with Crippen molar-refractivity contribution in [2.45, 2.75) is 39.4 Å². The third-order valence-corrected chi connectivity index (χ3v) is 5.61. The van der Waals surface area contributed by atoms with E-state index in [4.69, 9.17) is 0 Å². The Morgan fingerprint density at radius 3 is 2.44 bits per heavy atom. The fourth-order valence-electron chi connectivity index (χ4n) is 4.04. The summed E-state index contributed by atoms with van der Waals surface area (Å²) in [6.07, 6.45) is 0.840. The molecule has 1 aliphatic heterocycles. The average Bonchev–Trinajstić information content (AvgIpc) is 3.10. The van der Waals surface area contributed by atoms with Crippen LogP contribution in [0, 0.1) is 0 Å². The van der Waals surface area contributed by atoms with Crippen LogP contribution in [0.15, 0.2) is 54.6 Å². The van der Waals surface area contributed by atoms with Crippen molar-refractivity contribution >= 4 is 17.5 Å². The van der Waals surface area contributed by atoms with Crippen molar-refractivity contribution in [2.75, 3.05) is 11.9 Å². The fraction of sp³-hybridized carbons (Fsp3) is 0.320. The number of carbonyl (C=O) groups excluding carboxylic acids is 2. The molecule has 0 saturated heterocycles. The number of carbonyl (C=O) groups is 2. The van der Waals surface area contributed by atoms with Crippen LogP contribution in [-0.2, 0) is 26.6 Å². The molecular weight excluding hydrogens is 402 g/mol. The lowest BCUT2D eigenvalue weighted by Crippen LogP contribution is -2.31. The van der Waals surface area contributed by atoms with Crippen molar-refractivity contribution in [2.24, 2.45) is 7.05 Å². The van der Waals surface area contributed by atoms with Gasteiger partial charge in [-0.15, -0.1) is 0 Å². The summed E-state index contributed by atoms with van der Waals surface area (Å²) in [4.78, 5) is 27.4. The number of para-hydroxylation sites is 1. The Balaban J connectivity index is 1.45. The molecule has 7 nitrogen and oxygen atoms in total. The van der Waals surface area contributed by atoms with Gasteiger partial charge in [-0.3, -0.25) is 19.2 Å². The van der Waals surface area contributed by atoms with Gasteiger partial charge in [-0.2, -0.15) is 5.10 Å². The Bertz CT molecular complexity index is 1100. The number of fused-ring (bicyclic) bond motifs is 1. The van der Waals surface area contributed by atoms with Gasteiger partial charge in [-0.25, -0.2) is 0 Å². The molecular formula is C25H29N5O2. The van der Waals surface area contributed by atoms with Crippen LogP contribution in [0.2, 0.25) is 0 Å². The maximum atomic E-state index is 12.9. The lowest BCUT2D eigenvalue weighted by Gasteiger charge is -2.27. The first kappa shape index (κ1) is 21.8. The highest BCUT2D eigenvalue weighted by molar-refractivity contribution is 6.04. The molecule has 2 aromatic carbocycles. The molecule has 7 heteroatoms. The SMILES string of the molecule is CC(C)NC(=O)c1ccc(CN2CCc3c(c(C(=O)Nc4ccccc4)nn3C)C2)cc1. The van der Waals surface area contributed by atoms with Gasteiger partial charge < -0.3 is 10.6 Å². The lowest BCUT2D eigenvalue weighted by molar-refractivity contribution is 0.0942. The van der Waals surface area contributed by atoms with Gasteiger partial charge in [0.05, 0.1) is 0 Å². The lowest BCUT2D eigenvalue weighted by atomic mass is 10.0. The number of nitrogens with zero attached hydrogens (tertiary/aromatic N) is 3. The van der Waals surface area contributed by atoms with Crippen LogP contribution in [0.4, 0.5) is 5.69 Å². The number of rotatable bonds is 6. The Labute approximate surface area is 188 Å². The first-order chi connectivity index (χ1) is 15.4. The molecule has 0 bridgehead atoms. The first-order valence-electron chi connectivity index (χ1n) is 10.9. The van der Waals surface area contributed by atoms with E-state index < -0.39 is 0 Å². The van der Waals surface area contributed by atoms with E-state index in [0.717, 1.165) is 42.0 Å². The van der Waals surface area contributed by atoms with Crippen molar-refractivity contribution in [3.63, 3.8) is 0 Å². The van der Waals surface area contributed by atoms with Gasteiger partial charge in [0.15, 0.2) is 5.69 Å². The van der Waals surface area contributed by atoms with Crippen LogP contribution in [0.5, 0.6) is 0 Å². The number of anilines is 1. The predicted octanol–water partition coefficient (Wildman–Crippen LogP) is 3.37. The molecule has 0 saturated carbocycles. The van der Waals surface area contributed by atoms with Crippen LogP contribution in [0.25, 0.3) is 0 Å². The molecule has 4 rings (SSSR count). The fourth-order valence-corrected chi connectivity index (χ4v) is 4.04. The smallest absolute Gasteiger partial charge is 0.276 e. The van der Waals surface area contributed by atoms with E-state index in [-0.39, 0.29) is 17.9 Å². The summed E-state index contributed by atoms with van der Waals surface area (Å²) in [7, 11) is 1.90. The summed E-state index contributed by atoms with van der Waals surface area (Å²) in [5.41, 5.74) is 5.13. The maximum absolute atomic E-state index is 12.9. The summed E-state index contributed by atoms with van der Waals surface area (Å²) in [5, 5.41) is 10.4. The number of aryl methyl sites for hydroxylation is 1. The molecule has 0 atom stereocenters. The van der Waals surface area contributed by atoms with Crippen LogP contribution in [-0.4, -0.2) is 39.1 Å². The summed E-state index contributed by atoms with van der Waals surface area (Å²) in [5.74, 6) is -0.242. The molecule has 166 valence electrons. The Morgan fingerprint density at radius 2 is 1.75 bits per heavy atom. The van der Waals surface area contributed by atoms with Gasteiger partial charge in [-0.1, -0.05) is 30.3 Å². The van der Waals surface area contributed by atoms with Gasteiger partial charge in [-0.05, 0) is 43.7 Å². The van der Waals surface area contributed by atoms with E-state index in [2.05, 4.69) is 20.6 Å². The summed E-state index contributed by atoms with van der Waals surface area (Å²) in [6.45, 7) is 6.20. The minimum Gasteiger partial charge on any atom is -0.350 e.